The zero-order valence-electron chi connectivity index (χ0n) is 12.6. The summed E-state index contributed by atoms with van der Waals surface area (Å²) >= 11 is 1.35. The quantitative estimate of drug-likeness (QED) is 0.860. The first-order valence-corrected chi connectivity index (χ1v) is 7.85. The predicted molar refractivity (Wildman–Crippen MR) is 91.5 cm³/mol. The van der Waals surface area contributed by atoms with Crippen molar-refractivity contribution in [1.82, 2.24) is 10.3 Å². The van der Waals surface area contributed by atoms with Crippen LogP contribution < -0.4 is 20.5 Å². The molecule has 23 heavy (non-hydrogen) atoms. The van der Waals surface area contributed by atoms with Crippen molar-refractivity contribution < 1.29 is 14.3 Å². The molecule has 0 saturated heterocycles. The molecule has 1 atom stereocenters. The van der Waals surface area contributed by atoms with E-state index in [1.807, 2.05) is 25.1 Å². The van der Waals surface area contributed by atoms with Crippen LogP contribution in [0.5, 0.6) is 11.5 Å². The van der Waals surface area contributed by atoms with E-state index in [1.165, 1.54) is 11.3 Å². The number of thiazole rings is 1. The molecular weight excluding hydrogens is 338 g/mol. The maximum atomic E-state index is 12.0. The van der Waals surface area contributed by atoms with E-state index < -0.39 is 0 Å². The molecule has 1 aromatic heterocycles. The average Bonchev–Trinajstić information content (AvgIpc) is 3.15. The second kappa shape index (κ2) is 7.63. The van der Waals surface area contributed by atoms with E-state index in [0.29, 0.717) is 17.2 Å². The first kappa shape index (κ1) is 17.5. The highest BCUT2D eigenvalue weighted by Gasteiger charge is 2.16. The van der Waals surface area contributed by atoms with Gasteiger partial charge in [0.05, 0.1) is 6.20 Å². The summed E-state index contributed by atoms with van der Waals surface area (Å²) in [5, 5.41) is 3.62. The Hall–Kier alpha value is -1.83. The van der Waals surface area contributed by atoms with Crippen LogP contribution >= 0.6 is 23.7 Å². The van der Waals surface area contributed by atoms with E-state index in [9.17, 15) is 4.79 Å². The maximum Gasteiger partial charge on any atom is 0.263 e. The zero-order valence-corrected chi connectivity index (χ0v) is 14.2. The Morgan fingerprint density at radius 3 is 3.00 bits per heavy atom. The number of nitrogens with one attached hydrogen (secondary N) is 1. The summed E-state index contributed by atoms with van der Waals surface area (Å²) in [6.45, 7) is 2.72. The number of ether oxygens (including phenoxy) is 2. The van der Waals surface area contributed by atoms with Crippen molar-refractivity contribution in [3.05, 3.63) is 29.3 Å². The summed E-state index contributed by atoms with van der Waals surface area (Å²) in [5.41, 5.74) is 6.57. The molecule has 1 unspecified atom stereocenters. The van der Waals surface area contributed by atoms with Gasteiger partial charge in [0.2, 0.25) is 6.79 Å². The fraction of sp³-hybridized carbons (Fsp3) is 0.333. The molecule has 3 N–H and O–H groups in total. The second-order valence-electron chi connectivity index (χ2n) is 5.12. The standard InChI is InChI=1S/C15H17N3O3S.ClH/c1-9(16)4-5-17-14(19)13-7-18-15(22-13)10-2-3-11-12(6-10)21-8-20-11;/h2-3,6-7,9H,4-5,8,16H2,1H3,(H,17,19);1H. The number of carbonyl (C=O) groups excluding carboxylic acids is 1. The summed E-state index contributed by atoms with van der Waals surface area (Å²) in [7, 11) is 0. The van der Waals surface area contributed by atoms with Crippen molar-refractivity contribution >= 4 is 29.7 Å². The number of benzene rings is 1. The highest BCUT2D eigenvalue weighted by Crippen LogP contribution is 2.36. The molecule has 2 heterocycles. The number of hydrogen-bond acceptors (Lipinski definition) is 6. The minimum atomic E-state index is -0.120. The largest absolute Gasteiger partial charge is 0.454 e. The van der Waals surface area contributed by atoms with Crippen molar-refractivity contribution in [2.24, 2.45) is 5.73 Å². The van der Waals surface area contributed by atoms with Crippen LogP contribution in [0.3, 0.4) is 0 Å². The monoisotopic (exact) mass is 355 g/mol. The lowest BCUT2D eigenvalue weighted by atomic mass is 10.2. The molecule has 0 bridgehead atoms. The fourth-order valence-corrected chi connectivity index (χ4v) is 2.87. The number of hydrogen-bond donors (Lipinski definition) is 2. The van der Waals surface area contributed by atoms with Crippen molar-refractivity contribution in [3.8, 4) is 22.1 Å². The smallest absolute Gasteiger partial charge is 0.263 e. The van der Waals surface area contributed by atoms with Gasteiger partial charge in [-0.05, 0) is 31.5 Å². The number of nitrogens with two attached hydrogens (primary N) is 1. The average molecular weight is 356 g/mol. The van der Waals surface area contributed by atoms with Crippen LogP contribution in [0.15, 0.2) is 24.4 Å². The number of nitrogens with zero attached hydrogens (tertiary/aromatic N) is 1. The third-order valence-corrected chi connectivity index (χ3v) is 4.28. The van der Waals surface area contributed by atoms with E-state index in [-0.39, 0.29) is 31.1 Å². The third kappa shape index (κ3) is 4.13. The molecule has 1 amide bonds. The molecule has 0 radical (unpaired) electrons. The number of carbonyl (C=O) groups is 1. The number of amides is 1. The van der Waals surface area contributed by atoms with Crippen LogP contribution in [0.4, 0.5) is 0 Å². The number of halogens is 1. The Kier molecular flexibility index (Phi) is 5.81. The van der Waals surface area contributed by atoms with Crippen LogP contribution in [-0.2, 0) is 0 Å². The van der Waals surface area contributed by atoms with Gasteiger partial charge in [-0.15, -0.1) is 23.7 Å². The molecule has 0 aliphatic carbocycles. The van der Waals surface area contributed by atoms with Gasteiger partial charge in [0.15, 0.2) is 11.5 Å². The molecule has 3 rings (SSSR count). The van der Waals surface area contributed by atoms with Crippen molar-refractivity contribution in [2.75, 3.05) is 13.3 Å². The molecule has 1 aromatic carbocycles. The lowest BCUT2D eigenvalue weighted by molar-refractivity contribution is 0.0956. The molecule has 0 fully saturated rings. The van der Waals surface area contributed by atoms with Gasteiger partial charge in [-0.1, -0.05) is 0 Å². The Morgan fingerprint density at radius 1 is 1.43 bits per heavy atom. The second-order valence-corrected chi connectivity index (χ2v) is 6.15. The topological polar surface area (TPSA) is 86.5 Å². The van der Waals surface area contributed by atoms with Gasteiger partial charge in [0, 0.05) is 18.2 Å². The minimum Gasteiger partial charge on any atom is -0.454 e. The minimum absolute atomic E-state index is 0. The molecular formula is C15H18ClN3O3S. The van der Waals surface area contributed by atoms with Gasteiger partial charge in [0.1, 0.15) is 9.88 Å². The lowest BCUT2D eigenvalue weighted by Gasteiger charge is -2.05. The van der Waals surface area contributed by atoms with E-state index in [0.717, 1.165) is 22.7 Å². The Morgan fingerprint density at radius 2 is 2.22 bits per heavy atom. The summed E-state index contributed by atoms with van der Waals surface area (Å²) in [6, 6.07) is 5.70. The van der Waals surface area contributed by atoms with Crippen LogP contribution in [-0.4, -0.2) is 30.3 Å². The molecule has 1 aliphatic heterocycles. The molecule has 0 saturated carbocycles. The van der Waals surface area contributed by atoms with Crippen molar-refractivity contribution in [1.29, 1.82) is 0 Å². The van der Waals surface area contributed by atoms with Crippen LogP contribution in [0.2, 0.25) is 0 Å². The lowest BCUT2D eigenvalue weighted by Crippen LogP contribution is -2.28. The van der Waals surface area contributed by atoms with E-state index in [2.05, 4.69) is 10.3 Å². The number of rotatable bonds is 5. The highest BCUT2D eigenvalue weighted by molar-refractivity contribution is 7.16. The number of aromatic nitrogens is 1. The van der Waals surface area contributed by atoms with E-state index in [4.69, 9.17) is 15.2 Å². The van der Waals surface area contributed by atoms with Crippen molar-refractivity contribution in [3.63, 3.8) is 0 Å². The molecule has 0 spiro atoms. The Balaban J connectivity index is 0.00000192. The molecule has 2 aromatic rings. The summed E-state index contributed by atoms with van der Waals surface area (Å²) < 4.78 is 10.6. The Bertz CT molecular complexity index is 690. The molecule has 6 nitrogen and oxygen atoms in total. The number of fused-ring (bicyclic) bond motifs is 1. The fourth-order valence-electron chi connectivity index (χ4n) is 2.04. The summed E-state index contributed by atoms with van der Waals surface area (Å²) in [6.07, 6.45) is 2.34. The first-order chi connectivity index (χ1) is 10.6. The van der Waals surface area contributed by atoms with Gasteiger partial charge in [-0.25, -0.2) is 4.98 Å². The van der Waals surface area contributed by atoms with Gasteiger partial charge in [-0.2, -0.15) is 0 Å². The Labute approximate surface area is 144 Å². The molecule has 124 valence electrons. The maximum absolute atomic E-state index is 12.0. The highest BCUT2D eigenvalue weighted by atomic mass is 35.5. The third-order valence-electron chi connectivity index (χ3n) is 3.23. The summed E-state index contributed by atoms with van der Waals surface area (Å²) in [5.74, 6) is 1.31. The predicted octanol–water partition coefficient (Wildman–Crippen LogP) is 2.43. The van der Waals surface area contributed by atoms with Gasteiger partial charge < -0.3 is 20.5 Å². The zero-order chi connectivity index (χ0) is 15.5. The molecule has 8 heteroatoms. The van der Waals surface area contributed by atoms with Gasteiger partial charge in [-0.3, -0.25) is 4.79 Å². The normalized spacial score (nSPS) is 13.3. The van der Waals surface area contributed by atoms with Crippen molar-refractivity contribution in [2.45, 2.75) is 19.4 Å². The van der Waals surface area contributed by atoms with Gasteiger partial charge >= 0.3 is 0 Å². The first-order valence-electron chi connectivity index (χ1n) is 7.03. The molecule has 1 aliphatic rings. The summed E-state index contributed by atoms with van der Waals surface area (Å²) in [4.78, 5) is 16.9. The van der Waals surface area contributed by atoms with Crippen LogP contribution in [0.1, 0.15) is 23.0 Å². The van der Waals surface area contributed by atoms with Gasteiger partial charge in [0.25, 0.3) is 5.91 Å². The van der Waals surface area contributed by atoms with E-state index in [1.54, 1.807) is 6.20 Å². The van der Waals surface area contributed by atoms with E-state index >= 15 is 0 Å². The van der Waals surface area contributed by atoms with Crippen LogP contribution in [0.25, 0.3) is 10.6 Å². The SMILES string of the molecule is CC(N)CCNC(=O)c1cnc(-c2ccc3c(c2)OCO3)s1.Cl. The van der Waals surface area contributed by atoms with Crippen LogP contribution in [0, 0.1) is 0 Å².